The molecule has 96 valence electrons. The number of carbonyl (C=O) groups excluding carboxylic acids is 1. The fourth-order valence-corrected chi connectivity index (χ4v) is 8.32. The standard InChI is InChI=1S/C13H21NO2Se/c1-8(15)14-7-13(16)10(17-14)9-5-6-12(13,4)11(9,2)3/h9-10,16H,5-7H2,1-4H3/t9-,10?,12-,13+/m0/s1. The molecule has 0 aromatic carbocycles. The molecule has 1 aliphatic heterocycles. The number of β-amino-alcohol motifs (C(OH)–C–C–N with tert-alkyl or cyclic N) is 1. The molecule has 0 aromatic rings. The average molecular weight is 302 g/mol. The molecular weight excluding hydrogens is 281 g/mol. The molecule has 0 spiro atoms. The van der Waals surface area contributed by atoms with Crippen LogP contribution in [0, 0.1) is 16.7 Å². The summed E-state index contributed by atoms with van der Waals surface area (Å²) in [7, 11) is 0. The first-order valence-corrected chi connectivity index (χ1v) is 8.17. The third-order valence-electron chi connectivity index (χ3n) is 6.07. The molecule has 3 rings (SSSR count). The fraction of sp³-hybridized carbons (Fsp3) is 0.923. The Labute approximate surface area is 109 Å². The first kappa shape index (κ1) is 12.0. The minimum absolute atomic E-state index is 0.0126. The van der Waals surface area contributed by atoms with Crippen LogP contribution in [0.1, 0.15) is 40.5 Å². The molecule has 0 aromatic heterocycles. The molecule has 4 heteroatoms. The number of fused-ring (bicyclic) bond motifs is 5. The van der Waals surface area contributed by atoms with Crippen LogP contribution < -0.4 is 0 Å². The second kappa shape index (κ2) is 3.09. The molecule has 1 heterocycles. The third-order valence-corrected chi connectivity index (χ3v) is 9.40. The normalized spacial score (nSPS) is 50.8. The van der Waals surface area contributed by atoms with Crippen molar-refractivity contribution < 1.29 is 9.90 Å². The average Bonchev–Trinajstić information content (AvgIpc) is 2.71. The van der Waals surface area contributed by atoms with E-state index >= 15 is 0 Å². The van der Waals surface area contributed by atoms with E-state index in [4.69, 9.17) is 0 Å². The number of amides is 1. The molecule has 3 fully saturated rings. The van der Waals surface area contributed by atoms with E-state index in [1.165, 1.54) is 6.42 Å². The Kier molecular flexibility index (Phi) is 2.18. The summed E-state index contributed by atoms with van der Waals surface area (Å²) in [6, 6.07) is 0. The van der Waals surface area contributed by atoms with E-state index in [1.807, 2.05) is 3.92 Å². The van der Waals surface area contributed by atoms with Crippen molar-refractivity contribution in [2.24, 2.45) is 16.7 Å². The maximum absolute atomic E-state index is 11.5. The first-order chi connectivity index (χ1) is 7.74. The van der Waals surface area contributed by atoms with Gasteiger partial charge >= 0.3 is 109 Å². The van der Waals surface area contributed by atoms with Crippen molar-refractivity contribution in [3.05, 3.63) is 0 Å². The van der Waals surface area contributed by atoms with Gasteiger partial charge in [0.25, 0.3) is 0 Å². The molecule has 2 bridgehead atoms. The van der Waals surface area contributed by atoms with Gasteiger partial charge in [-0.15, -0.1) is 0 Å². The van der Waals surface area contributed by atoms with Crippen LogP contribution in [0.25, 0.3) is 0 Å². The summed E-state index contributed by atoms with van der Waals surface area (Å²) in [6.07, 6.45) is 2.34. The summed E-state index contributed by atoms with van der Waals surface area (Å²) in [4.78, 5) is 11.9. The monoisotopic (exact) mass is 303 g/mol. The summed E-state index contributed by atoms with van der Waals surface area (Å²) in [5.41, 5.74) is -0.413. The van der Waals surface area contributed by atoms with Gasteiger partial charge in [0.2, 0.25) is 0 Å². The Morgan fingerprint density at radius 1 is 1.41 bits per heavy atom. The number of hydrogen-bond acceptors (Lipinski definition) is 2. The summed E-state index contributed by atoms with van der Waals surface area (Å²) < 4.78 is 1.91. The molecule has 1 saturated heterocycles. The van der Waals surface area contributed by atoms with Gasteiger partial charge in [0.05, 0.1) is 0 Å². The summed E-state index contributed by atoms with van der Waals surface area (Å²) in [6.45, 7) is 9.07. The molecule has 2 aliphatic carbocycles. The van der Waals surface area contributed by atoms with Gasteiger partial charge in [0, 0.05) is 0 Å². The molecule has 3 aliphatic rings. The number of hydrogen-bond donors (Lipinski definition) is 1. The van der Waals surface area contributed by atoms with E-state index in [1.54, 1.807) is 6.92 Å². The topological polar surface area (TPSA) is 40.5 Å². The predicted molar refractivity (Wildman–Crippen MR) is 66.5 cm³/mol. The van der Waals surface area contributed by atoms with Gasteiger partial charge in [-0.1, -0.05) is 0 Å². The Hall–Kier alpha value is -0.0505. The van der Waals surface area contributed by atoms with Crippen LogP contribution in [0.5, 0.6) is 0 Å². The van der Waals surface area contributed by atoms with E-state index in [0.717, 1.165) is 6.42 Å². The van der Waals surface area contributed by atoms with Gasteiger partial charge in [-0.25, -0.2) is 0 Å². The Morgan fingerprint density at radius 2 is 2.06 bits per heavy atom. The molecule has 1 amide bonds. The second-order valence-corrected chi connectivity index (χ2v) is 9.14. The molecule has 1 unspecified atom stereocenters. The number of nitrogens with zero attached hydrogens (tertiary/aromatic N) is 1. The van der Waals surface area contributed by atoms with E-state index in [9.17, 15) is 9.90 Å². The third kappa shape index (κ3) is 1.11. The van der Waals surface area contributed by atoms with Crippen LogP contribution in [-0.4, -0.2) is 42.3 Å². The molecule has 0 radical (unpaired) electrons. The molecule has 1 N–H and O–H groups in total. The van der Waals surface area contributed by atoms with Gasteiger partial charge in [0.15, 0.2) is 0 Å². The predicted octanol–water partition coefficient (Wildman–Crippen LogP) is 1.44. The van der Waals surface area contributed by atoms with Crippen molar-refractivity contribution in [3.63, 3.8) is 0 Å². The van der Waals surface area contributed by atoms with Gasteiger partial charge in [-0.2, -0.15) is 0 Å². The molecule has 3 nitrogen and oxygen atoms in total. The number of aliphatic hydroxyl groups is 1. The number of rotatable bonds is 0. The zero-order valence-corrected chi connectivity index (χ0v) is 12.7. The minimum atomic E-state index is -0.620. The zero-order chi connectivity index (χ0) is 12.6. The Balaban J connectivity index is 2.03. The van der Waals surface area contributed by atoms with E-state index < -0.39 is 5.60 Å². The van der Waals surface area contributed by atoms with Crippen molar-refractivity contribution >= 4 is 21.1 Å². The van der Waals surface area contributed by atoms with Crippen molar-refractivity contribution in [2.75, 3.05) is 6.54 Å². The van der Waals surface area contributed by atoms with Crippen LogP contribution >= 0.6 is 0 Å². The van der Waals surface area contributed by atoms with E-state index in [2.05, 4.69) is 20.8 Å². The van der Waals surface area contributed by atoms with Crippen LogP contribution in [0.2, 0.25) is 4.82 Å². The van der Waals surface area contributed by atoms with Gasteiger partial charge in [-0.05, 0) is 0 Å². The number of carbonyl (C=O) groups is 1. The van der Waals surface area contributed by atoms with Crippen molar-refractivity contribution in [2.45, 2.75) is 51.0 Å². The fourth-order valence-electron chi connectivity index (χ4n) is 4.49. The van der Waals surface area contributed by atoms with Crippen LogP contribution in [0.15, 0.2) is 0 Å². The van der Waals surface area contributed by atoms with Crippen LogP contribution in [0.3, 0.4) is 0 Å². The van der Waals surface area contributed by atoms with Crippen molar-refractivity contribution in [1.82, 2.24) is 3.92 Å². The Bertz CT molecular complexity index is 397. The Morgan fingerprint density at radius 3 is 2.59 bits per heavy atom. The van der Waals surface area contributed by atoms with Crippen LogP contribution in [-0.2, 0) is 4.79 Å². The second-order valence-electron chi connectivity index (χ2n) is 6.70. The van der Waals surface area contributed by atoms with Crippen molar-refractivity contribution in [3.8, 4) is 0 Å². The van der Waals surface area contributed by atoms with Gasteiger partial charge in [-0.3, -0.25) is 0 Å². The quantitative estimate of drug-likeness (QED) is 0.688. The van der Waals surface area contributed by atoms with Crippen LogP contribution in [0.4, 0.5) is 0 Å². The maximum atomic E-state index is 11.5. The summed E-state index contributed by atoms with van der Waals surface area (Å²) in [5, 5.41) is 11.2. The molecule has 17 heavy (non-hydrogen) atoms. The van der Waals surface area contributed by atoms with Crippen molar-refractivity contribution in [1.29, 1.82) is 0 Å². The zero-order valence-electron chi connectivity index (χ0n) is 11.0. The summed E-state index contributed by atoms with van der Waals surface area (Å²) in [5.74, 6) is 0.732. The first-order valence-electron chi connectivity index (χ1n) is 6.41. The molecule has 4 atom stereocenters. The van der Waals surface area contributed by atoms with E-state index in [-0.39, 0.29) is 31.9 Å². The van der Waals surface area contributed by atoms with Gasteiger partial charge in [0.1, 0.15) is 0 Å². The molecular formula is C13H21NO2Se. The molecule has 2 saturated carbocycles. The van der Waals surface area contributed by atoms with Gasteiger partial charge < -0.3 is 0 Å². The SMILES string of the molecule is CC(=O)N1C[C@@]2(O)C([Se]1)[C@@H]1CC[C@@]2(C)C1(C)C. The van der Waals surface area contributed by atoms with E-state index in [0.29, 0.717) is 17.3 Å². The summed E-state index contributed by atoms with van der Waals surface area (Å²) >= 11 is 0.140.